The summed E-state index contributed by atoms with van der Waals surface area (Å²) in [7, 11) is 0. The lowest BCUT2D eigenvalue weighted by molar-refractivity contribution is 0.525. The fourth-order valence-electron chi connectivity index (χ4n) is 8.04. The molecule has 0 unspecified atom stereocenters. The second-order valence-corrected chi connectivity index (χ2v) is 16.1. The van der Waals surface area contributed by atoms with E-state index in [1.807, 2.05) is 24.3 Å². The average Bonchev–Trinajstić information content (AvgIpc) is 3.16. The second kappa shape index (κ2) is 25.5. The van der Waals surface area contributed by atoms with Gasteiger partial charge in [-0.1, -0.05) is 184 Å². The van der Waals surface area contributed by atoms with E-state index >= 15 is 0 Å². The quantitative estimate of drug-likeness (QED) is 0.0454. The van der Waals surface area contributed by atoms with Crippen molar-refractivity contribution in [2.24, 2.45) is 0 Å². The van der Waals surface area contributed by atoms with E-state index in [1.54, 1.807) is 0 Å². The Morgan fingerprint density at radius 1 is 0.302 bits per heavy atom. The molecule has 4 N–H and O–H groups in total. The fraction of sp³-hybridized carbons (Fsp3) is 0.529. The van der Waals surface area contributed by atoms with E-state index in [2.05, 4.69) is 74.5 Å². The summed E-state index contributed by atoms with van der Waals surface area (Å²) in [6, 6.07) is 31.2. The smallest absolute Gasteiger partial charge is 0.0314 e. The Morgan fingerprint density at radius 2 is 0.585 bits per heavy atom. The zero-order valence-electron chi connectivity index (χ0n) is 33.9. The highest BCUT2D eigenvalue weighted by molar-refractivity contribution is 5.43. The van der Waals surface area contributed by atoms with Crippen LogP contribution in [-0.2, 0) is 38.5 Å². The molecule has 288 valence electrons. The van der Waals surface area contributed by atoms with E-state index in [4.69, 9.17) is 11.5 Å². The summed E-state index contributed by atoms with van der Waals surface area (Å²) in [6.45, 7) is 4.58. The maximum Gasteiger partial charge on any atom is 0.0314 e. The Labute approximate surface area is 325 Å². The molecule has 0 radical (unpaired) electrons. The van der Waals surface area contributed by atoms with Gasteiger partial charge in [-0.25, -0.2) is 0 Å². The third kappa shape index (κ3) is 17.0. The van der Waals surface area contributed by atoms with Gasteiger partial charge in [-0.15, -0.1) is 0 Å². The number of anilines is 2. The molecule has 0 saturated heterocycles. The summed E-state index contributed by atoms with van der Waals surface area (Å²) in [4.78, 5) is 0. The predicted octanol–water partition coefficient (Wildman–Crippen LogP) is 14.4. The fourth-order valence-corrected chi connectivity index (χ4v) is 8.04. The van der Waals surface area contributed by atoms with E-state index in [0.29, 0.717) is 0 Å². The van der Waals surface area contributed by atoms with Crippen molar-refractivity contribution >= 4 is 11.4 Å². The van der Waals surface area contributed by atoms with Crippen molar-refractivity contribution in [2.75, 3.05) is 11.5 Å². The SMILES string of the molecule is CCCc1cc(CCCCCCCCCCCCCCCCCCCc2ccc(Cc3ccc(N)cc3)c(CCC)c2)ccc1Cc1ccc(N)cc1. The molecule has 4 aromatic rings. The Balaban J connectivity index is 0.933. The van der Waals surface area contributed by atoms with Gasteiger partial charge in [0, 0.05) is 11.4 Å². The van der Waals surface area contributed by atoms with Crippen LogP contribution in [0.3, 0.4) is 0 Å². The minimum Gasteiger partial charge on any atom is -0.399 e. The zero-order chi connectivity index (χ0) is 37.4. The molecule has 0 amide bonds. The lowest BCUT2D eigenvalue weighted by atomic mass is 9.93. The maximum absolute atomic E-state index is 5.89. The molecule has 0 aliphatic heterocycles. The maximum atomic E-state index is 5.89. The van der Waals surface area contributed by atoms with Gasteiger partial charge in [-0.3, -0.25) is 0 Å². The van der Waals surface area contributed by atoms with Crippen LogP contribution >= 0.6 is 0 Å². The van der Waals surface area contributed by atoms with Crippen LogP contribution in [0.5, 0.6) is 0 Å². The molecule has 0 fully saturated rings. The molecular weight excluding hydrogens is 641 g/mol. The molecule has 0 spiro atoms. The summed E-state index contributed by atoms with van der Waals surface area (Å²) >= 11 is 0. The Morgan fingerprint density at radius 3 is 0.887 bits per heavy atom. The van der Waals surface area contributed by atoms with Crippen LogP contribution in [0.25, 0.3) is 0 Å². The molecule has 0 bridgehead atoms. The molecule has 0 aromatic heterocycles. The first-order valence-corrected chi connectivity index (χ1v) is 21.9. The molecule has 4 aromatic carbocycles. The van der Waals surface area contributed by atoms with Crippen molar-refractivity contribution < 1.29 is 0 Å². The van der Waals surface area contributed by atoms with Gasteiger partial charge in [0.2, 0.25) is 0 Å². The highest BCUT2D eigenvalue weighted by Crippen LogP contribution is 2.23. The van der Waals surface area contributed by atoms with E-state index in [-0.39, 0.29) is 0 Å². The molecule has 0 atom stereocenters. The third-order valence-electron chi connectivity index (χ3n) is 11.3. The van der Waals surface area contributed by atoms with Gasteiger partial charge in [0.15, 0.2) is 0 Å². The number of nitrogen functional groups attached to an aromatic ring is 2. The molecule has 53 heavy (non-hydrogen) atoms. The van der Waals surface area contributed by atoms with Crippen molar-refractivity contribution in [3.63, 3.8) is 0 Å². The van der Waals surface area contributed by atoms with E-state index in [9.17, 15) is 0 Å². The summed E-state index contributed by atoms with van der Waals surface area (Å²) < 4.78 is 0. The van der Waals surface area contributed by atoms with Gasteiger partial charge < -0.3 is 11.5 Å². The number of rotatable bonds is 28. The Bertz CT molecular complexity index is 1420. The van der Waals surface area contributed by atoms with Crippen molar-refractivity contribution in [2.45, 2.75) is 174 Å². The van der Waals surface area contributed by atoms with Gasteiger partial charge >= 0.3 is 0 Å². The summed E-state index contributed by atoms with van der Waals surface area (Å²) in [6.07, 6.45) is 33.1. The Hall–Kier alpha value is -3.52. The van der Waals surface area contributed by atoms with Crippen molar-refractivity contribution in [3.8, 4) is 0 Å². The van der Waals surface area contributed by atoms with Crippen molar-refractivity contribution in [1.29, 1.82) is 0 Å². The minimum absolute atomic E-state index is 0.841. The van der Waals surface area contributed by atoms with Crippen LogP contribution in [0.4, 0.5) is 11.4 Å². The van der Waals surface area contributed by atoms with Crippen LogP contribution in [0.15, 0.2) is 84.9 Å². The molecule has 4 rings (SSSR count). The largest absolute Gasteiger partial charge is 0.399 e. The van der Waals surface area contributed by atoms with Gasteiger partial charge in [-0.05, 0) is 120 Å². The number of unbranched alkanes of at least 4 members (excludes halogenated alkanes) is 16. The number of hydrogen-bond acceptors (Lipinski definition) is 2. The topological polar surface area (TPSA) is 52.0 Å². The first-order chi connectivity index (χ1) is 26.0. The Kier molecular flexibility index (Phi) is 20.3. The number of hydrogen-bond donors (Lipinski definition) is 2. The predicted molar refractivity (Wildman–Crippen MR) is 234 cm³/mol. The van der Waals surface area contributed by atoms with Gasteiger partial charge in [0.25, 0.3) is 0 Å². The van der Waals surface area contributed by atoms with Crippen molar-refractivity contribution in [1.82, 2.24) is 0 Å². The van der Waals surface area contributed by atoms with E-state index in [1.165, 1.54) is 192 Å². The van der Waals surface area contributed by atoms with Crippen LogP contribution in [0.2, 0.25) is 0 Å². The number of benzene rings is 4. The molecule has 2 heteroatoms. The van der Waals surface area contributed by atoms with Gasteiger partial charge in [-0.2, -0.15) is 0 Å². The lowest BCUT2D eigenvalue weighted by Gasteiger charge is -2.12. The minimum atomic E-state index is 0.841. The van der Waals surface area contributed by atoms with Crippen LogP contribution in [0, 0.1) is 0 Å². The van der Waals surface area contributed by atoms with Crippen molar-refractivity contribution in [3.05, 3.63) is 129 Å². The van der Waals surface area contributed by atoms with Crippen LogP contribution < -0.4 is 11.5 Å². The third-order valence-corrected chi connectivity index (χ3v) is 11.3. The molecule has 0 aliphatic rings. The van der Waals surface area contributed by atoms with Crippen LogP contribution in [-0.4, -0.2) is 0 Å². The average molecular weight is 715 g/mol. The highest BCUT2D eigenvalue weighted by Gasteiger charge is 2.08. The number of nitrogens with two attached hydrogens (primary N) is 2. The highest BCUT2D eigenvalue weighted by atomic mass is 14.5. The lowest BCUT2D eigenvalue weighted by Crippen LogP contribution is -1.98. The van der Waals surface area contributed by atoms with E-state index in [0.717, 1.165) is 24.2 Å². The van der Waals surface area contributed by atoms with Gasteiger partial charge in [0.05, 0.1) is 0 Å². The molecule has 2 nitrogen and oxygen atoms in total. The standard InChI is InChI=1S/C51H74N2/c1-3-22-46-38-42(26-32-48(46)40-44-28-34-50(52)35-29-44)24-20-18-16-14-12-10-8-6-5-7-9-11-13-15-17-19-21-25-43-27-33-49(47(39-43)23-4-2)41-45-30-36-51(53)37-31-45/h26-39H,3-25,40-41,52-53H2,1-2H3. The van der Waals surface area contributed by atoms with Crippen LogP contribution in [0.1, 0.15) is 180 Å². The van der Waals surface area contributed by atoms with Gasteiger partial charge in [0.1, 0.15) is 0 Å². The monoisotopic (exact) mass is 715 g/mol. The number of aryl methyl sites for hydroxylation is 4. The first kappa shape index (κ1) is 42.2. The second-order valence-electron chi connectivity index (χ2n) is 16.1. The summed E-state index contributed by atoms with van der Waals surface area (Å²) in [5.74, 6) is 0. The molecule has 0 saturated carbocycles. The molecule has 0 heterocycles. The summed E-state index contributed by atoms with van der Waals surface area (Å²) in [5, 5.41) is 0. The van der Waals surface area contributed by atoms with E-state index < -0.39 is 0 Å². The zero-order valence-corrected chi connectivity index (χ0v) is 33.9. The summed E-state index contributed by atoms with van der Waals surface area (Å²) in [5.41, 5.74) is 25.2. The first-order valence-electron chi connectivity index (χ1n) is 21.9. The molecule has 0 aliphatic carbocycles. The normalized spacial score (nSPS) is 11.4. The molecular formula is C51H74N2.